The number of ether oxygens (including phenoxy) is 1. The monoisotopic (exact) mass is 226 g/mol. The summed E-state index contributed by atoms with van der Waals surface area (Å²) < 4.78 is 5.27. The standard InChI is InChI=1S/C12H22N2O2/c1-12(2,3)16-11(15)14-10-6-8-4-5-9(10)13-7-8/h8-10,13H,4-7H2,1-3H3,(H,14,15)/t8?,9-,10+/m0/s1. The van der Waals surface area contributed by atoms with Gasteiger partial charge in [0.1, 0.15) is 5.60 Å². The van der Waals surface area contributed by atoms with Crippen molar-refractivity contribution in [2.24, 2.45) is 5.92 Å². The van der Waals surface area contributed by atoms with Crippen LogP contribution in [0.15, 0.2) is 0 Å². The SMILES string of the molecule is CC(C)(C)OC(=O)N[C@@H]1CC2CC[C@@H]1NC2. The molecule has 3 aliphatic rings. The normalized spacial score (nSPS) is 33.6. The first-order valence-electron chi connectivity index (χ1n) is 6.17. The molecule has 0 aromatic carbocycles. The third-order valence-corrected chi connectivity index (χ3v) is 3.33. The predicted molar refractivity (Wildman–Crippen MR) is 62.3 cm³/mol. The van der Waals surface area contributed by atoms with Crippen LogP contribution in [-0.4, -0.2) is 30.3 Å². The highest BCUT2D eigenvalue weighted by molar-refractivity contribution is 5.68. The van der Waals surface area contributed by atoms with Gasteiger partial charge in [-0.25, -0.2) is 4.79 Å². The van der Waals surface area contributed by atoms with Crippen molar-refractivity contribution < 1.29 is 9.53 Å². The molecule has 2 N–H and O–H groups in total. The molecule has 1 unspecified atom stereocenters. The Kier molecular flexibility index (Phi) is 3.10. The number of alkyl carbamates (subject to hydrolysis) is 1. The van der Waals surface area contributed by atoms with Crippen molar-refractivity contribution in [3.63, 3.8) is 0 Å². The largest absolute Gasteiger partial charge is 0.444 e. The number of fused-ring (bicyclic) bond motifs is 3. The molecule has 3 rings (SSSR count). The predicted octanol–water partition coefficient (Wildman–Crippen LogP) is 1.65. The topological polar surface area (TPSA) is 50.4 Å². The fraction of sp³-hybridized carbons (Fsp3) is 0.917. The average Bonchev–Trinajstić information content (AvgIpc) is 2.16. The van der Waals surface area contributed by atoms with E-state index in [1.807, 2.05) is 20.8 Å². The van der Waals surface area contributed by atoms with Gasteiger partial charge in [-0.1, -0.05) is 0 Å². The van der Waals surface area contributed by atoms with Crippen LogP contribution >= 0.6 is 0 Å². The Bertz CT molecular complexity index is 265. The van der Waals surface area contributed by atoms with Crippen LogP contribution in [0, 0.1) is 5.92 Å². The number of rotatable bonds is 1. The molecular weight excluding hydrogens is 204 g/mol. The summed E-state index contributed by atoms with van der Waals surface area (Å²) in [5, 5.41) is 6.45. The fourth-order valence-corrected chi connectivity index (χ4v) is 2.62. The molecule has 0 spiro atoms. The van der Waals surface area contributed by atoms with Crippen molar-refractivity contribution in [2.45, 2.75) is 57.7 Å². The molecule has 2 saturated heterocycles. The second kappa shape index (κ2) is 4.24. The molecule has 2 aliphatic heterocycles. The van der Waals surface area contributed by atoms with Crippen LogP contribution in [0.25, 0.3) is 0 Å². The quantitative estimate of drug-likeness (QED) is 0.715. The van der Waals surface area contributed by atoms with E-state index in [9.17, 15) is 4.79 Å². The average molecular weight is 226 g/mol. The van der Waals surface area contributed by atoms with E-state index in [0.29, 0.717) is 6.04 Å². The summed E-state index contributed by atoms with van der Waals surface area (Å²) in [6.45, 7) is 6.77. The zero-order chi connectivity index (χ0) is 11.8. The van der Waals surface area contributed by atoms with Gasteiger partial charge in [-0.15, -0.1) is 0 Å². The molecule has 16 heavy (non-hydrogen) atoms. The number of carbonyl (C=O) groups excluding carboxylic acids is 1. The zero-order valence-electron chi connectivity index (χ0n) is 10.4. The van der Waals surface area contributed by atoms with E-state index < -0.39 is 5.60 Å². The second-order valence-electron chi connectivity index (χ2n) is 5.95. The maximum Gasteiger partial charge on any atom is 0.407 e. The van der Waals surface area contributed by atoms with Crippen molar-refractivity contribution in [3.8, 4) is 0 Å². The van der Waals surface area contributed by atoms with Gasteiger partial charge in [0, 0.05) is 12.1 Å². The number of amides is 1. The molecule has 1 aliphatic carbocycles. The molecule has 2 heterocycles. The van der Waals surface area contributed by atoms with Gasteiger partial charge in [-0.05, 0) is 52.5 Å². The van der Waals surface area contributed by atoms with E-state index in [0.717, 1.165) is 18.9 Å². The lowest BCUT2D eigenvalue weighted by molar-refractivity contribution is 0.0440. The number of hydrogen-bond donors (Lipinski definition) is 2. The molecule has 4 heteroatoms. The minimum atomic E-state index is -0.412. The van der Waals surface area contributed by atoms with Crippen LogP contribution in [-0.2, 0) is 4.74 Å². The molecule has 92 valence electrons. The molecule has 3 fully saturated rings. The molecular formula is C12H22N2O2. The lowest BCUT2D eigenvalue weighted by Gasteiger charge is -2.43. The Hall–Kier alpha value is -0.770. The first kappa shape index (κ1) is 11.7. The Labute approximate surface area is 97.1 Å². The van der Waals surface area contributed by atoms with Crippen molar-refractivity contribution in [1.29, 1.82) is 0 Å². The first-order valence-corrected chi connectivity index (χ1v) is 6.17. The van der Waals surface area contributed by atoms with Gasteiger partial charge in [0.05, 0.1) is 0 Å². The smallest absolute Gasteiger partial charge is 0.407 e. The van der Waals surface area contributed by atoms with E-state index in [1.54, 1.807) is 0 Å². The molecule has 3 atom stereocenters. The van der Waals surface area contributed by atoms with Crippen molar-refractivity contribution in [3.05, 3.63) is 0 Å². The second-order valence-corrected chi connectivity index (χ2v) is 5.95. The highest BCUT2D eigenvalue weighted by Crippen LogP contribution is 2.29. The Morgan fingerprint density at radius 2 is 2.12 bits per heavy atom. The molecule has 4 nitrogen and oxygen atoms in total. The lowest BCUT2D eigenvalue weighted by Crippen LogP contribution is -2.59. The van der Waals surface area contributed by atoms with Crippen molar-refractivity contribution >= 4 is 6.09 Å². The number of piperidine rings is 2. The van der Waals surface area contributed by atoms with Crippen LogP contribution in [0.4, 0.5) is 4.79 Å². The van der Waals surface area contributed by atoms with Gasteiger partial charge >= 0.3 is 6.09 Å². The van der Waals surface area contributed by atoms with Gasteiger partial charge in [0.2, 0.25) is 0 Å². The van der Waals surface area contributed by atoms with Crippen LogP contribution in [0.5, 0.6) is 0 Å². The fourth-order valence-electron chi connectivity index (χ4n) is 2.62. The Balaban J connectivity index is 1.83. The molecule has 1 amide bonds. The summed E-state index contributed by atoms with van der Waals surface area (Å²) in [6, 6.07) is 0.694. The van der Waals surface area contributed by atoms with Crippen LogP contribution in [0.2, 0.25) is 0 Å². The summed E-state index contributed by atoms with van der Waals surface area (Å²) in [4.78, 5) is 11.6. The van der Waals surface area contributed by atoms with Gasteiger partial charge in [-0.2, -0.15) is 0 Å². The number of carbonyl (C=O) groups is 1. The van der Waals surface area contributed by atoms with E-state index >= 15 is 0 Å². The Morgan fingerprint density at radius 3 is 2.56 bits per heavy atom. The van der Waals surface area contributed by atoms with Crippen molar-refractivity contribution in [1.82, 2.24) is 10.6 Å². The summed E-state index contributed by atoms with van der Waals surface area (Å²) >= 11 is 0. The third kappa shape index (κ3) is 2.88. The minimum absolute atomic E-state index is 0.252. The summed E-state index contributed by atoms with van der Waals surface area (Å²) in [5.74, 6) is 0.727. The van der Waals surface area contributed by atoms with Gasteiger partial charge in [0.25, 0.3) is 0 Å². The molecule has 2 bridgehead atoms. The Morgan fingerprint density at radius 1 is 1.38 bits per heavy atom. The van der Waals surface area contributed by atoms with Crippen molar-refractivity contribution in [2.75, 3.05) is 6.54 Å². The number of nitrogens with one attached hydrogen (secondary N) is 2. The van der Waals surface area contributed by atoms with E-state index in [-0.39, 0.29) is 12.1 Å². The van der Waals surface area contributed by atoms with Crippen LogP contribution in [0.3, 0.4) is 0 Å². The molecule has 0 aromatic heterocycles. The first-order chi connectivity index (χ1) is 7.44. The summed E-state index contributed by atoms with van der Waals surface area (Å²) in [7, 11) is 0. The maximum atomic E-state index is 11.6. The minimum Gasteiger partial charge on any atom is -0.444 e. The highest BCUT2D eigenvalue weighted by atomic mass is 16.6. The highest BCUT2D eigenvalue weighted by Gasteiger charge is 2.36. The zero-order valence-corrected chi connectivity index (χ0v) is 10.4. The maximum absolute atomic E-state index is 11.6. The van der Waals surface area contributed by atoms with E-state index in [4.69, 9.17) is 4.74 Å². The van der Waals surface area contributed by atoms with Crippen LogP contribution in [0.1, 0.15) is 40.0 Å². The van der Waals surface area contributed by atoms with Gasteiger partial charge in [0.15, 0.2) is 0 Å². The molecule has 0 radical (unpaired) electrons. The third-order valence-electron chi connectivity index (χ3n) is 3.33. The van der Waals surface area contributed by atoms with Gasteiger partial charge in [-0.3, -0.25) is 0 Å². The number of hydrogen-bond acceptors (Lipinski definition) is 3. The van der Waals surface area contributed by atoms with Gasteiger partial charge < -0.3 is 15.4 Å². The molecule has 0 aromatic rings. The lowest BCUT2D eigenvalue weighted by atomic mass is 9.78. The summed E-state index contributed by atoms with van der Waals surface area (Å²) in [6.07, 6.45) is 3.28. The molecule has 1 saturated carbocycles. The van der Waals surface area contributed by atoms with E-state index in [2.05, 4.69) is 10.6 Å². The van der Waals surface area contributed by atoms with Crippen LogP contribution < -0.4 is 10.6 Å². The van der Waals surface area contributed by atoms with E-state index in [1.165, 1.54) is 12.8 Å². The summed E-state index contributed by atoms with van der Waals surface area (Å²) in [5.41, 5.74) is -0.412.